The van der Waals surface area contributed by atoms with E-state index in [0.29, 0.717) is 18.4 Å². The van der Waals surface area contributed by atoms with E-state index in [4.69, 9.17) is 10.2 Å². The topological polar surface area (TPSA) is 69.9 Å². The zero-order valence-corrected chi connectivity index (χ0v) is 12.0. The first kappa shape index (κ1) is 12.2. The molecule has 2 aromatic heterocycles. The fraction of sp³-hybridized carbons (Fsp3) is 0.231. The van der Waals surface area contributed by atoms with Crippen LogP contribution in [0.5, 0.6) is 0 Å². The van der Waals surface area contributed by atoms with E-state index in [1.165, 1.54) is 0 Å². The number of nitrogens with two attached hydrogens (primary N) is 1. The molecule has 3 rings (SSSR count). The number of nitrogens with zero attached hydrogens (tertiary/aromatic N) is 3. The molecule has 0 aliphatic heterocycles. The smallest absolute Gasteiger partial charge is 0.214 e. The molecule has 0 amide bonds. The number of aromatic nitrogens is 3. The summed E-state index contributed by atoms with van der Waals surface area (Å²) in [6.07, 6.45) is 2.58. The fourth-order valence-corrected chi connectivity index (χ4v) is 2.36. The van der Waals surface area contributed by atoms with Crippen LogP contribution in [-0.2, 0) is 13.0 Å². The van der Waals surface area contributed by atoms with Gasteiger partial charge in [-0.1, -0.05) is 22.9 Å². The summed E-state index contributed by atoms with van der Waals surface area (Å²) in [5.41, 5.74) is 7.78. The van der Waals surface area contributed by atoms with Gasteiger partial charge >= 0.3 is 0 Å². The van der Waals surface area contributed by atoms with Gasteiger partial charge < -0.3 is 14.7 Å². The molecule has 0 aliphatic rings. The number of aryl methyl sites for hydroxylation is 1. The maximum absolute atomic E-state index is 5.96. The second-order valence-electron chi connectivity index (χ2n) is 4.26. The van der Waals surface area contributed by atoms with Crippen LogP contribution >= 0.6 is 15.9 Å². The van der Waals surface area contributed by atoms with Crippen molar-refractivity contribution < 1.29 is 4.42 Å². The lowest BCUT2D eigenvalue weighted by Gasteiger charge is -2.03. The Hall–Kier alpha value is -1.82. The molecule has 0 saturated carbocycles. The summed E-state index contributed by atoms with van der Waals surface area (Å²) in [4.78, 5) is 8.59. The van der Waals surface area contributed by atoms with Crippen LogP contribution in [0, 0.1) is 0 Å². The molecule has 19 heavy (non-hydrogen) atoms. The van der Waals surface area contributed by atoms with Crippen LogP contribution in [0.3, 0.4) is 0 Å². The molecule has 2 heterocycles. The first-order valence-electron chi connectivity index (χ1n) is 6.02. The predicted octanol–water partition coefficient (Wildman–Crippen LogP) is 2.98. The summed E-state index contributed by atoms with van der Waals surface area (Å²) in [6, 6.07) is 5.88. The van der Waals surface area contributed by atoms with Gasteiger partial charge in [0.25, 0.3) is 0 Å². The Morgan fingerprint density at radius 2 is 2.26 bits per heavy atom. The SMILES string of the molecule is CCc1cnc(Cn2c(N)nc3cc(Br)ccc32)o1. The Morgan fingerprint density at radius 1 is 1.42 bits per heavy atom. The number of nitrogen functional groups attached to an aromatic ring is 1. The summed E-state index contributed by atoms with van der Waals surface area (Å²) in [5, 5.41) is 0. The summed E-state index contributed by atoms with van der Waals surface area (Å²) in [7, 11) is 0. The normalized spacial score (nSPS) is 11.3. The van der Waals surface area contributed by atoms with Gasteiger partial charge in [-0.3, -0.25) is 0 Å². The molecule has 0 atom stereocenters. The summed E-state index contributed by atoms with van der Waals surface area (Å²) >= 11 is 3.42. The van der Waals surface area contributed by atoms with E-state index in [-0.39, 0.29) is 0 Å². The molecule has 5 nitrogen and oxygen atoms in total. The zero-order chi connectivity index (χ0) is 13.4. The van der Waals surface area contributed by atoms with E-state index in [2.05, 4.69) is 25.9 Å². The lowest BCUT2D eigenvalue weighted by Crippen LogP contribution is -2.04. The Labute approximate surface area is 118 Å². The minimum absolute atomic E-state index is 0.462. The average Bonchev–Trinajstić information content (AvgIpc) is 2.95. The van der Waals surface area contributed by atoms with Crippen LogP contribution < -0.4 is 5.73 Å². The molecule has 1 aromatic carbocycles. The average molecular weight is 321 g/mol. The molecule has 3 aromatic rings. The molecule has 0 fully saturated rings. The highest BCUT2D eigenvalue weighted by Crippen LogP contribution is 2.23. The highest BCUT2D eigenvalue weighted by atomic mass is 79.9. The lowest BCUT2D eigenvalue weighted by molar-refractivity contribution is 0.449. The second kappa shape index (κ2) is 4.70. The zero-order valence-electron chi connectivity index (χ0n) is 10.4. The van der Waals surface area contributed by atoms with Gasteiger partial charge in [0.2, 0.25) is 11.8 Å². The third kappa shape index (κ3) is 2.23. The number of rotatable bonds is 3. The minimum Gasteiger partial charge on any atom is -0.444 e. The summed E-state index contributed by atoms with van der Waals surface area (Å²) in [5.74, 6) is 1.98. The fourth-order valence-electron chi connectivity index (χ4n) is 2.01. The Kier molecular flexibility index (Phi) is 3.02. The van der Waals surface area contributed by atoms with E-state index in [9.17, 15) is 0 Å². The van der Waals surface area contributed by atoms with Crippen molar-refractivity contribution in [3.63, 3.8) is 0 Å². The van der Waals surface area contributed by atoms with Crippen molar-refractivity contribution in [1.29, 1.82) is 0 Å². The largest absolute Gasteiger partial charge is 0.444 e. The van der Waals surface area contributed by atoms with Gasteiger partial charge in [-0.2, -0.15) is 0 Å². The summed E-state index contributed by atoms with van der Waals surface area (Å²) in [6.45, 7) is 2.52. The van der Waals surface area contributed by atoms with Crippen molar-refractivity contribution in [2.75, 3.05) is 5.73 Å². The number of hydrogen-bond acceptors (Lipinski definition) is 4. The molecule has 0 spiro atoms. The van der Waals surface area contributed by atoms with Gasteiger partial charge in [0.1, 0.15) is 12.3 Å². The molecule has 98 valence electrons. The standard InChI is InChI=1S/C13H13BrN4O/c1-2-9-6-16-12(19-9)7-18-11-4-3-8(14)5-10(11)17-13(18)15/h3-6H,2,7H2,1H3,(H2,15,17). The number of hydrogen-bond donors (Lipinski definition) is 1. The number of oxazole rings is 1. The molecule has 2 N–H and O–H groups in total. The van der Waals surface area contributed by atoms with Crippen molar-refractivity contribution in [1.82, 2.24) is 14.5 Å². The molecule has 0 unspecified atom stereocenters. The number of imidazole rings is 1. The van der Waals surface area contributed by atoms with Gasteiger partial charge in [-0.05, 0) is 18.2 Å². The van der Waals surface area contributed by atoms with Crippen LogP contribution in [0.15, 0.2) is 33.3 Å². The number of benzene rings is 1. The molecule has 0 aliphatic carbocycles. The highest BCUT2D eigenvalue weighted by Gasteiger charge is 2.11. The van der Waals surface area contributed by atoms with Gasteiger partial charge in [-0.25, -0.2) is 9.97 Å². The number of fused-ring (bicyclic) bond motifs is 1. The number of anilines is 1. The van der Waals surface area contributed by atoms with Gasteiger partial charge in [0, 0.05) is 10.9 Å². The van der Waals surface area contributed by atoms with Crippen LogP contribution in [0.2, 0.25) is 0 Å². The van der Waals surface area contributed by atoms with E-state index >= 15 is 0 Å². The van der Waals surface area contributed by atoms with Crippen molar-refractivity contribution in [2.45, 2.75) is 19.9 Å². The van der Waals surface area contributed by atoms with Crippen molar-refractivity contribution in [2.24, 2.45) is 0 Å². The van der Waals surface area contributed by atoms with Crippen LogP contribution in [0.1, 0.15) is 18.6 Å². The molecular weight excluding hydrogens is 308 g/mol. The van der Waals surface area contributed by atoms with Crippen molar-refractivity contribution in [3.8, 4) is 0 Å². The second-order valence-corrected chi connectivity index (χ2v) is 5.18. The molecule has 0 bridgehead atoms. The van der Waals surface area contributed by atoms with Gasteiger partial charge in [0.15, 0.2) is 0 Å². The van der Waals surface area contributed by atoms with Gasteiger partial charge in [0.05, 0.1) is 17.2 Å². The quantitative estimate of drug-likeness (QED) is 0.805. The van der Waals surface area contributed by atoms with Crippen LogP contribution in [-0.4, -0.2) is 14.5 Å². The van der Waals surface area contributed by atoms with Crippen molar-refractivity contribution in [3.05, 3.63) is 40.5 Å². The molecule has 6 heteroatoms. The molecule has 0 radical (unpaired) electrons. The maximum atomic E-state index is 5.96. The van der Waals surface area contributed by atoms with Crippen LogP contribution in [0.25, 0.3) is 11.0 Å². The highest BCUT2D eigenvalue weighted by molar-refractivity contribution is 9.10. The van der Waals surface area contributed by atoms with Crippen LogP contribution in [0.4, 0.5) is 5.95 Å². The first-order valence-corrected chi connectivity index (χ1v) is 6.81. The van der Waals surface area contributed by atoms with Crippen molar-refractivity contribution >= 4 is 32.9 Å². The monoisotopic (exact) mass is 320 g/mol. The third-order valence-electron chi connectivity index (χ3n) is 2.98. The molecular formula is C13H13BrN4O. The maximum Gasteiger partial charge on any atom is 0.214 e. The first-order chi connectivity index (χ1) is 9.17. The lowest BCUT2D eigenvalue weighted by atomic mass is 10.3. The Bertz CT molecular complexity index is 731. The van der Waals surface area contributed by atoms with E-state index in [0.717, 1.165) is 27.7 Å². The van der Waals surface area contributed by atoms with Gasteiger partial charge in [-0.15, -0.1) is 0 Å². The van der Waals surface area contributed by atoms with E-state index in [1.807, 2.05) is 29.7 Å². The van der Waals surface area contributed by atoms with E-state index < -0.39 is 0 Å². The third-order valence-corrected chi connectivity index (χ3v) is 3.48. The van der Waals surface area contributed by atoms with E-state index in [1.54, 1.807) is 6.20 Å². The minimum atomic E-state index is 0.462. The molecule has 0 saturated heterocycles. The predicted molar refractivity (Wildman–Crippen MR) is 76.8 cm³/mol. The Morgan fingerprint density at radius 3 is 3.00 bits per heavy atom. The number of halogens is 1. The Balaban J connectivity index is 2.02. The summed E-state index contributed by atoms with van der Waals surface area (Å²) < 4.78 is 8.49.